The summed E-state index contributed by atoms with van der Waals surface area (Å²) in [6, 6.07) is 10.7. The Balaban J connectivity index is 2.01. The van der Waals surface area contributed by atoms with Gasteiger partial charge in [0.05, 0.1) is 5.69 Å². The molecule has 2 rings (SSSR count). The van der Waals surface area contributed by atoms with Crippen LogP contribution < -0.4 is 5.32 Å². The van der Waals surface area contributed by atoms with Crippen LogP contribution in [0.1, 0.15) is 12.5 Å². The average Bonchev–Trinajstić information content (AvgIpc) is 2.32. The zero-order valence-electron chi connectivity index (χ0n) is 10.0. The molecule has 2 aromatic rings. The van der Waals surface area contributed by atoms with Crippen molar-refractivity contribution in [1.29, 1.82) is 0 Å². The summed E-state index contributed by atoms with van der Waals surface area (Å²) < 4.78 is 13.9. The summed E-state index contributed by atoms with van der Waals surface area (Å²) >= 11 is 3.39. The van der Waals surface area contributed by atoms with E-state index in [1.807, 2.05) is 18.2 Å². The first-order valence-electron chi connectivity index (χ1n) is 5.76. The summed E-state index contributed by atoms with van der Waals surface area (Å²) in [5.74, 6) is -0.192. The second kappa shape index (κ2) is 5.96. The highest BCUT2D eigenvalue weighted by molar-refractivity contribution is 9.10. The lowest BCUT2D eigenvalue weighted by atomic mass is 10.1. The van der Waals surface area contributed by atoms with E-state index in [0.29, 0.717) is 0 Å². The van der Waals surface area contributed by atoms with Crippen LogP contribution in [0.5, 0.6) is 0 Å². The smallest absolute Gasteiger partial charge is 0.129 e. The Bertz CT molecular complexity index is 531. The maximum absolute atomic E-state index is 13.1. The van der Waals surface area contributed by atoms with Gasteiger partial charge in [0.1, 0.15) is 10.4 Å². The Morgan fingerprint density at radius 2 is 2.17 bits per heavy atom. The molecule has 1 heterocycles. The molecule has 94 valence electrons. The van der Waals surface area contributed by atoms with Crippen molar-refractivity contribution < 1.29 is 4.39 Å². The third-order valence-corrected chi connectivity index (χ3v) is 3.22. The van der Waals surface area contributed by atoms with Crippen LogP contribution in [0.25, 0.3) is 0 Å². The standard InChI is InChI=1S/C14H14BrFN2/c1-10(8-11-4-2-5-12(16)9-11)18-13-6-3-7-17-14(13)15/h2-7,9-10,18H,8H2,1H3. The second-order valence-corrected chi connectivity index (χ2v) is 4.97. The Morgan fingerprint density at radius 1 is 1.33 bits per heavy atom. The average molecular weight is 309 g/mol. The summed E-state index contributed by atoms with van der Waals surface area (Å²) in [4.78, 5) is 4.15. The highest BCUT2D eigenvalue weighted by Gasteiger charge is 2.06. The number of pyridine rings is 1. The lowest BCUT2D eigenvalue weighted by Gasteiger charge is -2.16. The van der Waals surface area contributed by atoms with E-state index in [1.54, 1.807) is 18.3 Å². The van der Waals surface area contributed by atoms with Crippen LogP contribution in [0.15, 0.2) is 47.2 Å². The molecule has 0 fully saturated rings. The molecule has 0 bridgehead atoms. The monoisotopic (exact) mass is 308 g/mol. The van der Waals surface area contributed by atoms with E-state index >= 15 is 0 Å². The van der Waals surface area contributed by atoms with Gasteiger partial charge >= 0.3 is 0 Å². The number of benzene rings is 1. The number of hydrogen-bond acceptors (Lipinski definition) is 2. The van der Waals surface area contributed by atoms with Crippen molar-refractivity contribution >= 4 is 21.6 Å². The molecule has 18 heavy (non-hydrogen) atoms. The SMILES string of the molecule is CC(Cc1cccc(F)c1)Nc1cccnc1Br. The van der Waals surface area contributed by atoms with Crippen LogP contribution >= 0.6 is 15.9 Å². The summed E-state index contributed by atoms with van der Waals surface area (Å²) in [7, 11) is 0. The van der Waals surface area contributed by atoms with Crippen LogP contribution in [0, 0.1) is 5.82 Å². The Kier molecular flexibility index (Phi) is 4.31. The van der Waals surface area contributed by atoms with Crippen LogP contribution in [-0.4, -0.2) is 11.0 Å². The van der Waals surface area contributed by atoms with Crippen molar-refractivity contribution in [2.24, 2.45) is 0 Å². The third kappa shape index (κ3) is 3.53. The molecule has 0 amide bonds. The fourth-order valence-corrected chi connectivity index (χ4v) is 2.19. The van der Waals surface area contributed by atoms with E-state index < -0.39 is 0 Å². The Morgan fingerprint density at radius 3 is 2.89 bits per heavy atom. The number of halogens is 2. The predicted molar refractivity (Wildman–Crippen MR) is 75.1 cm³/mol. The van der Waals surface area contributed by atoms with Crippen LogP contribution in [0.4, 0.5) is 10.1 Å². The maximum atomic E-state index is 13.1. The van der Waals surface area contributed by atoms with Gasteiger partial charge in [0.2, 0.25) is 0 Å². The molecular weight excluding hydrogens is 295 g/mol. The molecule has 1 aromatic heterocycles. The Labute approximate surface area is 114 Å². The van der Waals surface area contributed by atoms with Gasteiger partial charge in [0.25, 0.3) is 0 Å². The zero-order chi connectivity index (χ0) is 13.0. The molecular formula is C14H14BrFN2. The van der Waals surface area contributed by atoms with E-state index in [0.717, 1.165) is 22.3 Å². The van der Waals surface area contributed by atoms with E-state index in [4.69, 9.17) is 0 Å². The van der Waals surface area contributed by atoms with Gasteiger partial charge in [-0.25, -0.2) is 9.37 Å². The minimum atomic E-state index is -0.192. The first-order valence-corrected chi connectivity index (χ1v) is 6.56. The van der Waals surface area contributed by atoms with Crippen LogP contribution in [0.3, 0.4) is 0 Å². The summed E-state index contributed by atoms with van der Waals surface area (Å²) in [5, 5.41) is 3.35. The van der Waals surface area contributed by atoms with E-state index in [1.165, 1.54) is 6.07 Å². The van der Waals surface area contributed by atoms with Gasteiger partial charge in [0, 0.05) is 12.2 Å². The Hall–Kier alpha value is -1.42. The lowest BCUT2D eigenvalue weighted by molar-refractivity contribution is 0.624. The highest BCUT2D eigenvalue weighted by atomic mass is 79.9. The highest BCUT2D eigenvalue weighted by Crippen LogP contribution is 2.20. The van der Waals surface area contributed by atoms with Crippen molar-refractivity contribution in [3.8, 4) is 0 Å². The maximum Gasteiger partial charge on any atom is 0.129 e. The van der Waals surface area contributed by atoms with Crippen molar-refractivity contribution in [2.75, 3.05) is 5.32 Å². The third-order valence-electron chi connectivity index (χ3n) is 2.59. The number of aromatic nitrogens is 1. The molecule has 1 unspecified atom stereocenters. The van der Waals surface area contributed by atoms with Gasteiger partial charge in [-0.2, -0.15) is 0 Å². The first kappa shape index (κ1) is 13.0. The van der Waals surface area contributed by atoms with E-state index in [2.05, 4.69) is 33.2 Å². The lowest BCUT2D eigenvalue weighted by Crippen LogP contribution is -2.18. The molecule has 0 aliphatic heterocycles. The molecule has 0 saturated carbocycles. The van der Waals surface area contributed by atoms with E-state index in [-0.39, 0.29) is 11.9 Å². The molecule has 0 aliphatic rings. The van der Waals surface area contributed by atoms with E-state index in [9.17, 15) is 4.39 Å². The summed E-state index contributed by atoms with van der Waals surface area (Å²) in [5.41, 5.74) is 1.93. The predicted octanol–water partition coefficient (Wildman–Crippen LogP) is 4.03. The number of hydrogen-bond donors (Lipinski definition) is 1. The normalized spacial score (nSPS) is 12.2. The zero-order valence-corrected chi connectivity index (χ0v) is 11.6. The van der Waals surface area contributed by atoms with Crippen LogP contribution in [-0.2, 0) is 6.42 Å². The number of nitrogens with zero attached hydrogens (tertiary/aromatic N) is 1. The molecule has 0 aliphatic carbocycles. The fourth-order valence-electron chi connectivity index (χ4n) is 1.83. The number of anilines is 1. The number of nitrogens with one attached hydrogen (secondary N) is 1. The molecule has 0 saturated heterocycles. The van der Waals surface area contributed by atoms with Crippen molar-refractivity contribution in [3.63, 3.8) is 0 Å². The van der Waals surface area contributed by atoms with Crippen LogP contribution in [0.2, 0.25) is 0 Å². The van der Waals surface area contributed by atoms with Gasteiger partial charge in [-0.15, -0.1) is 0 Å². The minimum absolute atomic E-state index is 0.192. The van der Waals surface area contributed by atoms with Crippen molar-refractivity contribution in [1.82, 2.24) is 4.98 Å². The van der Waals surface area contributed by atoms with Gasteiger partial charge in [-0.3, -0.25) is 0 Å². The summed E-state index contributed by atoms with van der Waals surface area (Å²) in [6.07, 6.45) is 2.49. The largest absolute Gasteiger partial charge is 0.380 e. The van der Waals surface area contributed by atoms with Crippen molar-refractivity contribution in [2.45, 2.75) is 19.4 Å². The molecule has 0 radical (unpaired) electrons. The molecule has 2 nitrogen and oxygen atoms in total. The molecule has 0 spiro atoms. The quantitative estimate of drug-likeness (QED) is 0.863. The molecule has 1 aromatic carbocycles. The summed E-state index contributed by atoms with van der Waals surface area (Å²) in [6.45, 7) is 2.06. The molecule has 4 heteroatoms. The fraction of sp³-hybridized carbons (Fsp3) is 0.214. The molecule has 1 atom stereocenters. The minimum Gasteiger partial charge on any atom is -0.380 e. The first-order chi connectivity index (χ1) is 8.65. The van der Waals surface area contributed by atoms with Gasteiger partial charge in [-0.1, -0.05) is 12.1 Å². The number of rotatable bonds is 4. The topological polar surface area (TPSA) is 24.9 Å². The van der Waals surface area contributed by atoms with Gasteiger partial charge < -0.3 is 5.32 Å². The van der Waals surface area contributed by atoms with Gasteiger partial charge in [-0.05, 0) is 59.1 Å². The molecule has 1 N–H and O–H groups in total. The second-order valence-electron chi connectivity index (χ2n) is 4.22. The van der Waals surface area contributed by atoms with Crippen molar-refractivity contribution in [3.05, 3.63) is 58.6 Å². The van der Waals surface area contributed by atoms with Gasteiger partial charge in [0.15, 0.2) is 0 Å².